The molecule has 1 aliphatic heterocycles. The zero-order valence-corrected chi connectivity index (χ0v) is 15.4. The van der Waals surface area contributed by atoms with Gasteiger partial charge in [-0.1, -0.05) is 38.5 Å². The summed E-state index contributed by atoms with van der Waals surface area (Å²) in [6.07, 6.45) is 5.18. The van der Waals surface area contributed by atoms with Crippen molar-refractivity contribution < 1.29 is 14.3 Å². The van der Waals surface area contributed by atoms with Gasteiger partial charge in [0.1, 0.15) is 11.9 Å². The van der Waals surface area contributed by atoms with E-state index < -0.39 is 12.0 Å². The normalized spacial score (nSPS) is 16.6. The Hall–Kier alpha value is -1.57. The fourth-order valence-corrected chi connectivity index (χ4v) is 3.50. The number of thioether (sulfide) groups is 1. The minimum absolute atomic E-state index is 0.0239. The van der Waals surface area contributed by atoms with Crippen LogP contribution in [0.3, 0.4) is 0 Å². The highest BCUT2D eigenvalue weighted by molar-refractivity contribution is 7.99. The van der Waals surface area contributed by atoms with Gasteiger partial charge in [0.25, 0.3) is 0 Å². The topological polar surface area (TPSA) is 86.1 Å². The van der Waals surface area contributed by atoms with Gasteiger partial charge in [0.05, 0.1) is 12.9 Å². The van der Waals surface area contributed by atoms with E-state index in [-0.39, 0.29) is 17.6 Å². The first kappa shape index (κ1) is 18.8. The summed E-state index contributed by atoms with van der Waals surface area (Å²) in [5.74, 6) is 0.640. The molecule has 2 rings (SSSR count). The molecule has 134 valence electrons. The summed E-state index contributed by atoms with van der Waals surface area (Å²) >= 11 is 1.36. The van der Waals surface area contributed by atoms with E-state index in [1.807, 2.05) is 13.8 Å². The van der Waals surface area contributed by atoms with Crippen molar-refractivity contribution in [2.24, 2.45) is 5.92 Å². The van der Waals surface area contributed by atoms with E-state index in [0.717, 1.165) is 43.2 Å². The Kier molecular flexibility index (Phi) is 7.08. The van der Waals surface area contributed by atoms with Crippen LogP contribution >= 0.6 is 11.8 Å². The van der Waals surface area contributed by atoms with Gasteiger partial charge in [-0.3, -0.25) is 4.79 Å². The van der Waals surface area contributed by atoms with E-state index >= 15 is 0 Å². The molecule has 2 atom stereocenters. The Morgan fingerprint density at radius 2 is 2.12 bits per heavy atom. The number of hydrogen-bond donors (Lipinski definition) is 1. The molecule has 0 radical (unpaired) electrons. The Balaban J connectivity index is 1.93. The average Bonchev–Trinajstić information content (AvgIpc) is 2.82. The Morgan fingerprint density at radius 3 is 2.83 bits per heavy atom. The van der Waals surface area contributed by atoms with E-state index in [4.69, 9.17) is 4.74 Å². The van der Waals surface area contributed by atoms with Crippen LogP contribution in [0.15, 0.2) is 5.16 Å². The molecule has 1 N–H and O–H groups in total. The largest absolute Gasteiger partial charge is 0.467 e. The van der Waals surface area contributed by atoms with Gasteiger partial charge < -0.3 is 14.6 Å². The third kappa shape index (κ3) is 4.72. The standard InChI is InChI=1S/C16H26N4O3S/c1-4-11(2)14(15(22)23-3)17-13(21)10-24-16-19-18-12-8-6-5-7-9-20(12)16/h11,14H,4-10H2,1-3H3,(H,17,21)/t11-,14+/m0/s1. The molecule has 1 aliphatic rings. The van der Waals surface area contributed by atoms with Crippen LogP contribution in [0.1, 0.15) is 45.4 Å². The van der Waals surface area contributed by atoms with E-state index in [2.05, 4.69) is 20.1 Å². The van der Waals surface area contributed by atoms with Crippen LogP contribution in [0.4, 0.5) is 0 Å². The second-order valence-corrected chi connectivity index (χ2v) is 7.05. The molecule has 0 saturated heterocycles. The van der Waals surface area contributed by atoms with Gasteiger partial charge in [-0.2, -0.15) is 0 Å². The molecule has 8 heteroatoms. The van der Waals surface area contributed by atoms with Crippen LogP contribution in [0.5, 0.6) is 0 Å². The molecule has 7 nitrogen and oxygen atoms in total. The highest BCUT2D eigenvalue weighted by atomic mass is 32.2. The number of aromatic nitrogens is 3. The number of carbonyl (C=O) groups excluding carboxylic acids is 2. The lowest BCUT2D eigenvalue weighted by Crippen LogP contribution is -2.46. The van der Waals surface area contributed by atoms with Gasteiger partial charge >= 0.3 is 5.97 Å². The lowest BCUT2D eigenvalue weighted by atomic mass is 9.99. The molecule has 1 aromatic heterocycles. The minimum atomic E-state index is -0.608. The monoisotopic (exact) mass is 354 g/mol. The van der Waals surface area contributed by atoms with Crippen LogP contribution in [-0.2, 0) is 27.3 Å². The maximum absolute atomic E-state index is 12.2. The van der Waals surface area contributed by atoms with Crippen molar-refractivity contribution in [3.63, 3.8) is 0 Å². The number of rotatable bonds is 7. The van der Waals surface area contributed by atoms with Gasteiger partial charge in [0, 0.05) is 13.0 Å². The summed E-state index contributed by atoms with van der Waals surface area (Å²) in [6.45, 7) is 4.81. The van der Waals surface area contributed by atoms with E-state index in [1.54, 1.807) is 0 Å². The van der Waals surface area contributed by atoms with Crippen molar-refractivity contribution in [3.05, 3.63) is 5.82 Å². The number of methoxy groups -OCH3 is 1. The smallest absolute Gasteiger partial charge is 0.328 e. The summed E-state index contributed by atoms with van der Waals surface area (Å²) < 4.78 is 6.90. The number of aryl methyl sites for hydroxylation is 1. The number of hydrogen-bond acceptors (Lipinski definition) is 6. The van der Waals surface area contributed by atoms with Crippen molar-refractivity contribution in [1.82, 2.24) is 20.1 Å². The van der Waals surface area contributed by atoms with Crippen molar-refractivity contribution in [3.8, 4) is 0 Å². The maximum Gasteiger partial charge on any atom is 0.328 e. The zero-order chi connectivity index (χ0) is 17.5. The highest BCUT2D eigenvalue weighted by Gasteiger charge is 2.27. The molecule has 1 amide bonds. The van der Waals surface area contributed by atoms with Crippen molar-refractivity contribution in [2.45, 2.75) is 63.7 Å². The molecular formula is C16H26N4O3S. The molecule has 0 unspecified atom stereocenters. The van der Waals surface area contributed by atoms with Crippen molar-refractivity contribution >= 4 is 23.6 Å². The number of fused-ring (bicyclic) bond motifs is 1. The molecule has 0 saturated carbocycles. The van der Waals surface area contributed by atoms with Crippen LogP contribution in [0.25, 0.3) is 0 Å². The number of nitrogens with one attached hydrogen (secondary N) is 1. The fourth-order valence-electron chi connectivity index (χ4n) is 2.71. The zero-order valence-electron chi connectivity index (χ0n) is 14.6. The Bertz CT molecular complexity index is 576. The van der Waals surface area contributed by atoms with Crippen LogP contribution < -0.4 is 5.32 Å². The van der Waals surface area contributed by atoms with Crippen LogP contribution in [-0.4, -0.2) is 45.5 Å². The minimum Gasteiger partial charge on any atom is -0.467 e. The van der Waals surface area contributed by atoms with Crippen LogP contribution in [0, 0.1) is 5.92 Å². The van der Waals surface area contributed by atoms with Gasteiger partial charge in [-0.05, 0) is 18.8 Å². The fraction of sp³-hybridized carbons (Fsp3) is 0.750. The first-order valence-corrected chi connectivity index (χ1v) is 9.47. The number of ether oxygens (including phenoxy) is 1. The predicted octanol–water partition coefficient (Wildman–Crippen LogP) is 1.80. The lowest BCUT2D eigenvalue weighted by Gasteiger charge is -2.21. The molecule has 24 heavy (non-hydrogen) atoms. The van der Waals surface area contributed by atoms with Gasteiger partial charge in [-0.25, -0.2) is 4.79 Å². The third-order valence-electron chi connectivity index (χ3n) is 4.39. The molecular weight excluding hydrogens is 328 g/mol. The summed E-state index contributed by atoms with van der Waals surface area (Å²) in [6, 6.07) is -0.608. The second-order valence-electron chi connectivity index (χ2n) is 6.10. The molecule has 0 spiro atoms. The van der Waals surface area contributed by atoms with E-state index in [9.17, 15) is 9.59 Å². The number of nitrogens with zero attached hydrogens (tertiary/aromatic N) is 3. The summed E-state index contributed by atoms with van der Waals surface area (Å²) in [5.41, 5.74) is 0. The Morgan fingerprint density at radius 1 is 1.33 bits per heavy atom. The van der Waals surface area contributed by atoms with Gasteiger partial charge in [0.2, 0.25) is 5.91 Å². The summed E-state index contributed by atoms with van der Waals surface area (Å²) in [4.78, 5) is 24.1. The number of esters is 1. The van der Waals surface area contributed by atoms with Crippen LogP contribution in [0.2, 0.25) is 0 Å². The summed E-state index contributed by atoms with van der Waals surface area (Å²) in [5, 5.41) is 12.0. The lowest BCUT2D eigenvalue weighted by molar-refractivity contribution is -0.146. The summed E-state index contributed by atoms with van der Waals surface area (Å²) in [7, 11) is 1.34. The molecule has 0 fully saturated rings. The van der Waals surface area contributed by atoms with E-state index in [1.165, 1.54) is 25.3 Å². The highest BCUT2D eigenvalue weighted by Crippen LogP contribution is 2.21. The van der Waals surface area contributed by atoms with Crippen molar-refractivity contribution in [1.29, 1.82) is 0 Å². The predicted molar refractivity (Wildman–Crippen MR) is 91.7 cm³/mol. The quantitative estimate of drug-likeness (QED) is 0.593. The second kappa shape index (κ2) is 9.05. The molecule has 0 bridgehead atoms. The Labute approximate surface area is 146 Å². The number of carbonyl (C=O) groups is 2. The average molecular weight is 354 g/mol. The van der Waals surface area contributed by atoms with Gasteiger partial charge in [-0.15, -0.1) is 10.2 Å². The first-order valence-electron chi connectivity index (χ1n) is 8.48. The SMILES string of the molecule is CC[C@H](C)[C@@H](NC(=O)CSc1nnc2n1CCCCC2)C(=O)OC. The molecule has 0 aromatic carbocycles. The molecule has 1 aromatic rings. The van der Waals surface area contributed by atoms with Crippen molar-refractivity contribution in [2.75, 3.05) is 12.9 Å². The third-order valence-corrected chi connectivity index (χ3v) is 5.36. The molecule has 0 aliphatic carbocycles. The first-order chi connectivity index (χ1) is 11.6. The molecule has 2 heterocycles. The maximum atomic E-state index is 12.2. The number of amides is 1. The van der Waals surface area contributed by atoms with E-state index in [0.29, 0.717) is 0 Å². The van der Waals surface area contributed by atoms with Gasteiger partial charge in [0.15, 0.2) is 5.16 Å².